The molecule has 1 aromatic heterocycles. The Labute approximate surface area is 209 Å². The molecule has 2 aromatic carbocycles. The van der Waals surface area contributed by atoms with E-state index >= 15 is 0 Å². The van der Waals surface area contributed by atoms with Crippen molar-refractivity contribution in [3.05, 3.63) is 60.2 Å². The Balaban J connectivity index is 1.59. The zero-order chi connectivity index (χ0) is 24.6. The number of thioether (sulfide) groups is 1. The molecule has 3 aromatic rings. The van der Waals surface area contributed by atoms with Gasteiger partial charge in [0, 0.05) is 31.7 Å². The predicted molar refractivity (Wildman–Crippen MR) is 137 cm³/mol. The van der Waals surface area contributed by atoms with E-state index in [1.165, 1.54) is 17.3 Å². The van der Waals surface area contributed by atoms with Crippen LogP contribution in [0.4, 0.5) is 11.6 Å². The van der Waals surface area contributed by atoms with Gasteiger partial charge in [0.1, 0.15) is 0 Å². The summed E-state index contributed by atoms with van der Waals surface area (Å²) in [5.41, 5.74) is 8.24. The molecule has 2 N–H and O–H groups in total. The van der Waals surface area contributed by atoms with Crippen LogP contribution in [0.15, 0.2) is 59.8 Å². The van der Waals surface area contributed by atoms with Crippen LogP contribution >= 0.6 is 11.8 Å². The molecule has 0 atom stereocenters. The summed E-state index contributed by atoms with van der Waals surface area (Å²) in [7, 11) is 0. The SMILES string of the molecule is CCc1cccc(-n2c(SCC(=O)N(CCC(N)=O)c3ccccc3)nnc2N2CCOCC2)c1. The van der Waals surface area contributed by atoms with Crippen LogP contribution in [0.1, 0.15) is 18.9 Å². The van der Waals surface area contributed by atoms with Crippen molar-refractivity contribution in [3.8, 4) is 5.69 Å². The van der Waals surface area contributed by atoms with Gasteiger partial charge in [0.05, 0.1) is 24.7 Å². The second kappa shape index (κ2) is 11.9. The Kier molecular flexibility index (Phi) is 8.38. The highest BCUT2D eigenvalue weighted by Gasteiger charge is 2.24. The largest absolute Gasteiger partial charge is 0.378 e. The Morgan fingerprint density at radius 2 is 1.86 bits per heavy atom. The molecule has 0 unspecified atom stereocenters. The lowest BCUT2D eigenvalue weighted by Crippen LogP contribution is -2.38. The van der Waals surface area contributed by atoms with Gasteiger partial charge in [0.15, 0.2) is 5.16 Å². The molecule has 1 saturated heterocycles. The first-order valence-corrected chi connectivity index (χ1v) is 12.7. The molecule has 2 heterocycles. The van der Waals surface area contributed by atoms with Crippen LogP contribution in [-0.2, 0) is 20.7 Å². The number of aromatic nitrogens is 3. The van der Waals surface area contributed by atoms with Gasteiger partial charge in [-0.1, -0.05) is 49.0 Å². The minimum atomic E-state index is -0.447. The van der Waals surface area contributed by atoms with Gasteiger partial charge >= 0.3 is 0 Å². The highest BCUT2D eigenvalue weighted by molar-refractivity contribution is 7.99. The Bertz CT molecular complexity index is 1150. The second-order valence-corrected chi connectivity index (χ2v) is 9.07. The summed E-state index contributed by atoms with van der Waals surface area (Å²) in [5, 5.41) is 9.57. The molecule has 1 aliphatic rings. The lowest BCUT2D eigenvalue weighted by atomic mass is 10.1. The monoisotopic (exact) mass is 494 g/mol. The Morgan fingerprint density at radius 1 is 1.09 bits per heavy atom. The first kappa shape index (κ1) is 24.7. The minimum Gasteiger partial charge on any atom is -0.378 e. The summed E-state index contributed by atoms with van der Waals surface area (Å²) in [6.45, 7) is 5.06. The molecular formula is C25H30N6O3S. The summed E-state index contributed by atoms with van der Waals surface area (Å²) >= 11 is 1.33. The second-order valence-electron chi connectivity index (χ2n) is 8.13. The van der Waals surface area contributed by atoms with Crippen molar-refractivity contribution in [3.63, 3.8) is 0 Å². The van der Waals surface area contributed by atoms with E-state index in [0.29, 0.717) is 18.4 Å². The highest BCUT2D eigenvalue weighted by atomic mass is 32.2. The number of carbonyl (C=O) groups is 2. The molecule has 0 bridgehead atoms. The maximum Gasteiger partial charge on any atom is 0.237 e. The number of rotatable bonds is 10. The number of hydrogen-bond acceptors (Lipinski definition) is 7. The summed E-state index contributed by atoms with van der Waals surface area (Å²) < 4.78 is 7.52. The number of amides is 2. The van der Waals surface area contributed by atoms with Crippen molar-refractivity contribution in [2.24, 2.45) is 5.73 Å². The fraction of sp³-hybridized carbons (Fsp3) is 0.360. The van der Waals surface area contributed by atoms with Gasteiger partial charge < -0.3 is 20.3 Å². The van der Waals surface area contributed by atoms with Crippen LogP contribution < -0.4 is 15.5 Å². The maximum absolute atomic E-state index is 13.3. The summed E-state index contributed by atoms with van der Waals surface area (Å²) in [4.78, 5) is 28.4. The maximum atomic E-state index is 13.3. The number of morpholine rings is 1. The van der Waals surface area contributed by atoms with Gasteiger partial charge in [-0.3, -0.25) is 14.2 Å². The lowest BCUT2D eigenvalue weighted by molar-refractivity contribution is -0.118. The van der Waals surface area contributed by atoms with E-state index < -0.39 is 5.91 Å². The van der Waals surface area contributed by atoms with Gasteiger partial charge in [-0.15, -0.1) is 10.2 Å². The number of carbonyl (C=O) groups excluding carboxylic acids is 2. The molecule has 0 aliphatic carbocycles. The van der Waals surface area contributed by atoms with E-state index in [9.17, 15) is 9.59 Å². The molecule has 0 saturated carbocycles. The minimum absolute atomic E-state index is 0.0898. The van der Waals surface area contributed by atoms with E-state index in [1.54, 1.807) is 4.90 Å². The number of anilines is 2. The number of aryl methyl sites for hydroxylation is 1. The van der Waals surface area contributed by atoms with Crippen LogP contribution in [0, 0.1) is 0 Å². The number of para-hydroxylation sites is 1. The predicted octanol–water partition coefficient (Wildman–Crippen LogP) is 2.67. The van der Waals surface area contributed by atoms with E-state index in [2.05, 4.69) is 34.2 Å². The van der Waals surface area contributed by atoms with E-state index in [4.69, 9.17) is 10.5 Å². The van der Waals surface area contributed by atoms with Crippen LogP contribution in [0.2, 0.25) is 0 Å². The summed E-state index contributed by atoms with van der Waals surface area (Å²) in [6.07, 6.45) is 1.00. The molecule has 0 radical (unpaired) electrons. The molecule has 2 amide bonds. The number of ether oxygens (including phenoxy) is 1. The number of nitrogens with zero attached hydrogens (tertiary/aromatic N) is 5. The molecule has 0 spiro atoms. The summed E-state index contributed by atoms with van der Waals surface area (Å²) in [5.74, 6) is 0.303. The van der Waals surface area contributed by atoms with Gasteiger partial charge in [0.2, 0.25) is 17.8 Å². The number of primary amides is 1. The third-order valence-corrected chi connectivity index (χ3v) is 6.68. The van der Waals surface area contributed by atoms with Crippen molar-refractivity contribution in [2.45, 2.75) is 24.9 Å². The first-order valence-electron chi connectivity index (χ1n) is 11.7. The third kappa shape index (κ3) is 6.20. The van der Waals surface area contributed by atoms with Crippen molar-refractivity contribution < 1.29 is 14.3 Å². The van der Waals surface area contributed by atoms with Crippen molar-refractivity contribution >= 4 is 35.2 Å². The standard InChI is InChI=1S/C25H30N6O3S/c1-2-19-7-6-10-21(17-19)31-24(29-13-15-34-16-14-29)27-28-25(31)35-18-23(33)30(12-11-22(26)32)20-8-4-3-5-9-20/h3-10,17H,2,11-16,18H2,1H3,(H2,26,32). The fourth-order valence-electron chi connectivity index (χ4n) is 3.90. The van der Waals surface area contributed by atoms with Crippen molar-refractivity contribution in [1.82, 2.24) is 14.8 Å². The molecule has 35 heavy (non-hydrogen) atoms. The number of hydrogen-bond donors (Lipinski definition) is 1. The van der Waals surface area contributed by atoms with Gasteiger partial charge in [-0.25, -0.2) is 0 Å². The van der Waals surface area contributed by atoms with Crippen LogP contribution in [0.25, 0.3) is 5.69 Å². The molecule has 10 heteroatoms. The molecule has 1 fully saturated rings. The van der Waals surface area contributed by atoms with Crippen molar-refractivity contribution in [1.29, 1.82) is 0 Å². The van der Waals surface area contributed by atoms with E-state index in [1.807, 2.05) is 47.0 Å². The average Bonchev–Trinajstić information content (AvgIpc) is 3.32. The van der Waals surface area contributed by atoms with Gasteiger partial charge in [0.25, 0.3) is 0 Å². The number of nitrogens with two attached hydrogens (primary N) is 1. The van der Waals surface area contributed by atoms with Crippen LogP contribution in [0.3, 0.4) is 0 Å². The Hall–Kier alpha value is -3.37. The quantitative estimate of drug-likeness (QED) is 0.432. The molecule has 9 nitrogen and oxygen atoms in total. The zero-order valence-corrected chi connectivity index (χ0v) is 20.6. The molecule has 184 valence electrons. The molecule has 1 aliphatic heterocycles. The average molecular weight is 495 g/mol. The zero-order valence-electron chi connectivity index (χ0n) is 19.8. The van der Waals surface area contributed by atoms with Gasteiger partial charge in [-0.05, 0) is 36.2 Å². The topological polar surface area (TPSA) is 107 Å². The van der Waals surface area contributed by atoms with Crippen LogP contribution in [0.5, 0.6) is 0 Å². The fourth-order valence-corrected chi connectivity index (χ4v) is 4.72. The highest BCUT2D eigenvalue weighted by Crippen LogP contribution is 2.28. The molecule has 4 rings (SSSR count). The van der Waals surface area contributed by atoms with E-state index in [0.717, 1.165) is 36.8 Å². The van der Waals surface area contributed by atoms with Crippen LogP contribution in [-0.4, -0.2) is 65.2 Å². The summed E-state index contributed by atoms with van der Waals surface area (Å²) in [6, 6.07) is 17.6. The van der Waals surface area contributed by atoms with Gasteiger partial charge in [-0.2, -0.15) is 0 Å². The molecular weight excluding hydrogens is 464 g/mol. The normalized spacial score (nSPS) is 13.6. The number of benzene rings is 2. The lowest BCUT2D eigenvalue weighted by Gasteiger charge is -2.28. The van der Waals surface area contributed by atoms with E-state index in [-0.39, 0.29) is 24.6 Å². The Morgan fingerprint density at radius 3 is 2.57 bits per heavy atom. The third-order valence-electron chi connectivity index (χ3n) is 5.76. The smallest absolute Gasteiger partial charge is 0.237 e. The first-order chi connectivity index (χ1) is 17.1. The van der Waals surface area contributed by atoms with Crippen molar-refractivity contribution in [2.75, 3.05) is 48.4 Å².